The monoisotopic (exact) mass is 328 g/mol. The number of carboxylic acids is 1. The van der Waals surface area contributed by atoms with Gasteiger partial charge in [0.15, 0.2) is 6.10 Å². The van der Waals surface area contributed by atoms with Crippen molar-refractivity contribution < 1.29 is 24.0 Å². The van der Waals surface area contributed by atoms with Gasteiger partial charge in [-0.15, -0.1) is 0 Å². The summed E-state index contributed by atoms with van der Waals surface area (Å²) in [6.45, 7) is 0.426. The molecule has 124 valence electrons. The predicted molar refractivity (Wildman–Crippen MR) is 84.7 cm³/mol. The first-order valence-corrected chi connectivity index (χ1v) is 7.50. The maximum absolute atomic E-state index is 12.1. The third-order valence-electron chi connectivity index (χ3n) is 3.69. The van der Waals surface area contributed by atoms with Gasteiger partial charge in [-0.2, -0.15) is 0 Å². The Labute approximate surface area is 137 Å². The van der Waals surface area contributed by atoms with Crippen molar-refractivity contribution >= 4 is 17.6 Å². The smallest absolute Gasteiger partial charge is 0.335 e. The SMILES string of the molecule is O=C(NCCc1ccc(C(=O)O)cc1)C1=NOC(c2ccco2)C1. The van der Waals surface area contributed by atoms with Crippen molar-refractivity contribution in [1.82, 2.24) is 5.32 Å². The molecule has 1 aliphatic rings. The number of benzene rings is 1. The molecule has 24 heavy (non-hydrogen) atoms. The number of aromatic carboxylic acids is 1. The maximum Gasteiger partial charge on any atom is 0.335 e. The highest BCUT2D eigenvalue weighted by atomic mass is 16.6. The van der Waals surface area contributed by atoms with Crippen LogP contribution in [0.3, 0.4) is 0 Å². The fraction of sp³-hybridized carbons (Fsp3) is 0.235. The largest absolute Gasteiger partial charge is 0.478 e. The lowest BCUT2D eigenvalue weighted by molar-refractivity contribution is -0.114. The molecule has 0 saturated carbocycles. The van der Waals surface area contributed by atoms with Crippen LogP contribution in [0.1, 0.15) is 34.2 Å². The van der Waals surface area contributed by atoms with E-state index in [2.05, 4.69) is 10.5 Å². The number of hydrogen-bond acceptors (Lipinski definition) is 5. The molecule has 0 saturated heterocycles. The van der Waals surface area contributed by atoms with Crippen LogP contribution >= 0.6 is 0 Å². The lowest BCUT2D eigenvalue weighted by atomic mass is 10.1. The predicted octanol–water partition coefficient (Wildman–Crippen LogP) is 2.15. The highest BCUT2D eigenvalue weighted by molar-refractivity contribution is 6.39. The third-order valence-corrected chi connectivity index (χ3v) is 3.69. The number of carbonyl (C=O) groups excluding carboxylic acids is 1. The fourth-order valence-corrected chi connectivity index (χ4v) is 2.37. The molecule has 7 heteroatoms. The van der Waals surface area contributed by atoms with E-state index in [1.165, 1.54) is 0 Å². The first-order chi connectivity index (χ1) is 11.6. The van der Waals surface area contributed by atoms with Gasteiger partial charge in [-0.3, -0.25) is 4.79 Å². The zero-order chi connectivity index (χ0) is 16.9. The summed E-state index contributed by atoms with van der Waals surface area (Å²) in [5, 5.41) is 15.4. The fourth-order valence-electron chi connectivity index (χ4n) is 2.37. The highest BCUT2D eigenvalue weighted by Crippen LogP contribution is 2.27. The molecule has 0 fully saturated rings. The minimum absolute atomic E-state index is 0.240. The second-order valence-electron chi connectivity index (χ2n) is 5.36. The van der Waals surface area contributed by atoms with Crippen LogP contribution in [0.25, 0.3) is 0 Å². The Bertz CT molecular complexity index is 750. The Morgan fingerprint density at radius 3 is 2.71 bits per heavy atom. The number of oxime groups is 1. The number of hydrogen-bond donors (Lipinski definition) is 2. The van der Waals surface area contributed by atoms with Crippen molar-refractivity contribution in [3.8, 4) is 0 Å². The van der Waals surface area contributed by atoms with Crippen molar-refractivity contribution in [3.63, 3.8) is 0 Å². The number of carbonyl (C=O) groups is 2. The Morgan fingerprint density at radius 2 is 2.04 bits per heavy atom. The van der Waals surface area contributed by atoms with Crippen molar-refractivity contribution in [2.75, 3.05) is 6.54 Å². The zero-order valence-corrected chi connectivity index (χ0v) is 12.8. The molecule has 0 bridgehead atoms. The van der Waals surface area contributed by atoms with Gasteiger partial charge < -0.3 is 19.7 Å². The molecule has 0 radical (unpaired) electrons. The van der Waals surface area contributed by atoms with Crippen LogP contribution in [0.2, 0.25) is 0 Å². The van der Waals surface area contributed by atoms with Gasteiger partial charge in [0, 0.05) is 13.0 Å². The standard InChI is InChI=1S/C17H16N2O5/c20-16(13-10-15(24-19-13)14-2-1-9-23-14)18-8-7-11-3-5-12(6-4-11)17(21)22/h1-6,9,15H,7-8,10H2,(H,18,20)(H,21,22). The topological polar surface area (TPSA) is 101 Å². The lowest BCUT2D eigenvalue weighted by Gasteiger charge is -2.05. The Balaban J connectivity index is 1.45. The molecule has 0 aliphatic carbocycles. The van der Waals surface area contributed by atoms with Gasteiger partial charge in [0.2, 0.25) is 0 Å². The molecular weight excluding hydrogens is 312 g/mol. The average molecular weight is 328 g/mol. The Morgan fingerprint density at radius 1 is 1.25 bits per heavy atom. The van der Waals surface area contributed by atoms with E-state index in [0.29, 0.717) is 30.9 Å². The van der Waals surface area contributed by atoms with Crippen molar-refractivity contribution in [2.24, 2.45) is 5.16 Å². The van der Waals surface area contributed by atoms with Crippen LogP contribution in [0.5, 0.6) is 0 Å². The molecular formula is C17H16N2O5. The van der Waals surface area contributed by atoms with Gasteiger partial charge in [-0.25, -0.2) is 4.79 Å². The minimum atomic E-state index is -0.958. The highest BCUT2D eigenvalue weighted by Gasteiger charge is 2.28. The molecule has 3 rings (SSSR count). The molecule has 1 aromatic heterocycles. The number of amides is 1. The van der Waals surface area contributed by atoms with Crippen molar-refractivity contribution in [3.05, 3.63) is 59.5 Å². The number of nitrogens with zero attached hydrogens (tertiary/aromatic N) is 1. The number of carboxylic acid groups (broad SMARTS) is 1. The van der Waals surface area contributed by atoms with Crippen LogP contribution < -0.4 is 5.32 Å². The first kappa shape index (κ1) is 15.8. The molecule has 1 unspecified atom stereocenters. The lowest BCUT2D eigenvalue weighted by Crippen LogP contribution is -2.32. The summed E-state index contributed by atoms with van der Waals surface area (Å²) in [4.78, 5) is 28.1. The number of furan rings is 1. The van der Waals surface area contributed by atoms with E-state index in [-0.39, 0.29) is 17.6 Å². The molecule has 1 aliphatic heterocycles. The number of rotatable bonds is 6. The second kappa shape index (κ2) is 6.99. The zero-order valence-electron chi connectivity index (χ0n) is 12.8. The molecule has 1 amide bonds. The maximum atomic E-state index is 12.1. The molecule has 7 nitrogen and oxygen atoms in total. The van der Waals surface area contributed by atoms with E-state index in [1.54, 1.807) is 42.7 Å². The van der Waals surface area contributed by atoms with E-state index in [9.17, 15) is 9.59 Å². The second-order valence-corrected chi connectivity index (χ2v) is 5.36. The molecule has 1 aromatic carbocycles. The van der Waals surface area contributed by atoms with Gasteiger partial charge in [0.05, 0.1) is 11.8 Å². The summed E-state index contributed by atoms with van der Waals surface area (Å²) in [6.07, 6.45) is 2.16. The van der Waals surface area contributed by atoms with Crippen LogP contribution in [0.15, 0.2) is 52.2 Å². The van der Waals surface area contributed by atoms with Crippen LogP contribution in [0, 0.1) is 0 Å². The molecule has 2 heterocycles. The van der Waals surface area contributed by atoms with Gasteiger partial charge in [0.25, 0.3) is 5.91 Å². The van der Waals surface area contributed by atoms with Crippen LogP contribution in [0.4, 0.5) is 0 Å². The van der Waals surface area contributed by atoms with Gasteiger partial charge in [-0.05, 0) is 36.2 Å². The van der Waals surface area contributed by atoms with Gasteiger partial charge in [-0.1, -0.05) is 17.3 Å². The van der Waals surface area contributed by atoms with Gasteiger partial charge >= 0.3 is 5.97 Å². The van der Waals surface area contributed by atoms with Crippen molar-refractivity contribution in [2.45, 2.75) is 18.9 Å². The first-order valence-electron chi connectivity index (χ1n) is 7.50. The van der Waals surface area contributed by atoms with Gasteiger partial charge in [0.1, 0.15) is 11.5 Å². The minimum Gasteiger partial charge on any atom is -0.478 e. The van der Waals surface area contributed by atoms with E-state index in [1.807, 2.05) is 0 Å². The average Bonchev–Trinajstić information content (AvgIpc) is 3.26. The Hall–Kier alpha value is -3.09. The summed E-state index contributed by atoms with van der Waals surface area (Å²) in [6, 6.07) is 10.1. The van der Waals surface area contributed by atoms with E-state index in [0.717, 1.165) is 5.56 Å². The van der Waals surface area contributed by atoms with Crippen molar-refractivity contribution in [1.29, 1.82) is 0 Å². The molecule has 1 atom stereocenters. The Kier molecular flexibility index (Phi) is 4.60. The van der Waals surface area contributed by atoms with E-state index in [4.69, 9.17) is 14.4 Å². The summed E-state index contributed by atoms with van der Waals surface area (Å²) in [5.74, 6) is -0.591. The summed E-state index contributed by atoms with van der Waals surface area (Å²) < 4.78 is 5.24. The van der Waals surface area contributed by atoms with Crippen LogP contribution in [-0.4, -0.2) is 29.2 Å². The third kappa shape index (κ3) is 3.62. The number of nitrogens with one attached hydrogen (secondary N) is 1. The molecule has 2 N–H and O–H groups in total. The van der Waals surface area contributed by atoms with Crippen LogP contribution in [-0.2, 0) is 16.1 Å². The normalized spacial score (nSPS) is 16.3. The summed E-state index contributed by atoms with van der Waals surface area (Å²) in [7, 11) is 0. The molecule has 2 aromatic rings. The quantitative estimate of drug-likeness (QED) is 0.846. The summed E-state index contributed by atoms with van der Waals surface area (Å²) >= 11 is 0. The van der Waals surface area contributed by atoms with E-state index >= 15 is 0 Å². The molecule has 0 spiro atoms. The van der Waals surface area contributed by atoms with E-state index < -0.39 is 5.97 Å². The summed E-state index contributed by atoms with van der Waals surface area (Å²) in [5.41, 5.74) is 1.51.